The molecule has 0 saturated carbocycles. The Bertz CT molecular complexity index is 950. The van der Waals surface area contributed by atoms with E-state index >= 15 is 0 Å². The van der Waals surface area contributed by atoms with Crippen LogP contribution in [0.25, 0.3) is 11.3 Å². The second-order valence-corrected chi connectivity index (χ2v) is 6.81. The van der Waals surface area contributed by atoms with Crippen LogP contribution in [-0.2, 0) is 26.4 Å². The molecule has 2 aromatic carbocycles. The predicted molar refractivity (Wildman–Crippen MR) is 102 cm³/mol. The summed E-state index contributed by atoms with van der Waals surface area (Å²) in [6.45, 7) is 2.77. The van der Waals surface area contributed by atoms with Crippen LogP contribution in [0.5, 0.6) is 0 Å². The first-order valence-corrected chi connectivity index (χ1v) is 9.07. The third kappa shape index (κ3) is 3.14. The highest BCUT2D eigenvalue weighted by Crippen LogP contribution is 2.28. The zero-order valence-corrected chi connectivity index (χ0v) is 15.0. The van der Waals surface area contributed by atoms with Crippen LogP contribution in [0.4, 0.5) is 0 Å². The first-order chi connectivity index (χ1) is 12.8. The third-order valence-electron chi connectivity index (χ3n) is 5.15. The molecule has 0 aliphatic carbocycles. The van der Waals surface area contributed by atoms with Gasteiger partial charge in [0.25, 0.3) is 0 Å². The van der Waals surface area contributed by atoms with Crippen LogP contribution in [0, 0.1) is 11.3 Å². The number of aromatic nitrogens is 2. The number of rotatable bonds is 3. The molecule has 0 radical (unpaired) electrons. The van der Waals surface area contributed by atoms with Gasteiger partial charge in [-0.1, -0.05) is 48.5 Å². The van der Waals surface area contributed by atoms with E-state index in [0.29, 0.717) is 0 Å². The van der Waals surface area contributed by atoms with E-state index in [4.69, 9.17) is 5.10 Å². The lowest BCUT2D eigenvalue weighted by Gasteiger charge is -2.20. The molecule has 0 N–H and O–H groups in total. The average Bonchev–Trinajstić information content (AvgIpc) is 2.87. The Labute approximate surface area is 154 Å². The van der Waals surface area contributed by atoms with Crippen LogP contribution in [0.2, 0.25) is 0 Å². The molecule has 1 aromatic heterocycles. The maximum atomic E-state index is 9.32. The minimum absolute atomic E-state index is 0.776. The number of hydrogen-bond donors (Lipinski definition) is 0. The second kappa shape index (κ2) is 7.15. The highest BCUT2D eigenvalue weighted by molar-refractivity contribution is 5.65. The number of nitriles is 1. The molecule has 1 aliphatic rings. The molecule has 0 unspecified atom stereocenters. The van der Waals surface area contributed by atoms with Crippen LogP contribution in [0.15, 0.2) is 54.6 Å². The fourth-order valence-electron chi connectivity index (χ4n) is 3.86. The zero-order valence-electron chi connectivity index (χ0n) is 15.0. The Balaban J connectivity index is 1.57. The quantitative estimate of drug-likeness (QED) is 0.731. The normalized spacial score (nSPS) is 14.5. The van der Waals surface area contributed by atoms with Gasteiger partial charge in [-0.05, 0) is 18.1 Å². The Hall–Kier alpha value is -2.90. The molecule has 0 bridgehead atoms. The van der Waals surface area contributed by atoms with Crippen molar-refractivity contribution in [2.75, 3.05) is 13.1 Å². The lowest BCUT2D eigenvalue weighted by Crippen LogP contribution is -2.26. The lowest BCUT2D eigenvalue weighted by molar-refractivity contribution is 0.278. The fraction of sp³-hybridized carbons (Fsp3) is 0.273. The molecule has 0 saturated heterocycles. The van der Waals surface area contributed by atoms with Crippen molar-refractivity contribution in [2.45, 2.75) is 19.4 Å². The fourth-order valence-corrected chi connectivity index (χ4v) is 3.86. The first-order valence-electron chi connectivity index (χ1n) is 9.07. The van der Waals surface area contributed by atoms with E-state index in [-0.39, 0.29) is 0 Å². The van der Waals surface area contributed by atoms with Gasteiger partial charge in [0.05, 0.1) is 23.0 Å². The minimum Gasteiger partial charge on any atom is -0.298 e. The highest BCUT2D eigenvalue weighted by atomic mass is 15.3. The molecule has 4 rings (SSSR count). The Kier molecular flexibility index (Phi) is 4.55. The van der Waals surface area contributed by atoms with Crippen molar-refractivity contribution in [2.24, 2.45) is 7.05 Å². The minimum atomic E-state index is 0.776. The van der Waals surface area contributed by atoms with Crippen molar-refractivity contribution in [1.82, 2.24) is 14.7 Å². The third-order valence-corrected chi connectivity index (χ3v) is 5.15. The Morgan fingerprint density at radius 2 is 1.73 bits per heavy atom. The maximum Gasteiger partial charge on any atom is 0.0995 e. The molecule has 130 valence electrons. The molecule has 4 heteroatoms. The highest BCUT2D eigenvalue weighted by Gasteiger charge is 2.22. The van der Waals surface area contributed by atoms with Crippen LogP contribution >= 0.6 is 0 Å². The van der Waals surface area contributed by atoms with Crippen LogP contribution in [-0.4, -0.2) is 27.8 Å². The molecular weight excluding hydrogens is 320 g/mol. The zero-order chi connectivity index (χ0) is 17.9. The van der Waals surface area contributed by atoms with Crippen LogP contribution < -0.4 is 0 Å². The Morgan fingerprint density at radius 3 is 2.54 bits per heavy atom. The van der Waals surface area contributed by atoms with E-state index in [2.05, 4.69) is 41.3 Å². The van der Waals surface area contributed by atoms with Crippen LogP contribution in [0.3, 0.4) is 0 Å². The van der Waals surface area contributed by atoms with Crippen molar-refractivity contribution in [3.05, 3.63) is 77.0 Å². The van der Waals surface area contributed by atoms with Crippen LogP contribution in [0.1, 0.15) is 22.4 Å². The molecule has 0 fully saturated rings. The molecule has 2 heterocycles. The largest absolute Gasteiger partial charge is 0.298 e. The first kappa shape index (κ1) is 16.6. The summed E-state index contributed by atoms with van der Waals surface area (Å²) in [5, 5.41) is 14.1. The smallest absolute Gasteiger partial charge is 0.0995 e. The van der Waals surface area contributed by atoms with Gasteiger partial charge in [-0.25, -0.2) is 0 Å². The van der Waals surface area contributed by atoms with E-state index in [0.717, 1.165) is 43.6 Å². The van der Waals surface area contributed by atoms with E-state index in [1.807, 2.05) is 36.0 Å². The average molecular weight is 342 g/mol. The molecule has 4 nitrogen and oxygen atoms in total. The predicted octanol–water partition coefficient (Wildman–Crippen LogP) is 3.56. The van der Waals surface area contributed by atoms with Crippen molar-refractivity contribution >= 4 is 0 Å². The van der Waals surface area contributed by atoms with Gasteiger partial charge in [0.2, 0.25) is 0 Å². The van der Waals surface area contributed by atoms with Gasteiger partial charge in [0.1, 0.15) is 0 Å². The summed E-state index contributed by atoms with van der Waals surface area (Å²) in [5.41, 5.74) is 6.93. The van der Waals surface area contributed by atoms with Gasteiger partial charge in [0.15, 0.2) is 0 Å². The van der Waals surface area contributed by atoms with Gasteiger partial charge < -0.3 is 0 Å². The SMILES string of the molecule is Cn1nc2c(c1-c1ccccc1)CCN(Cc1ccccc1C#N)CC2. The molecule has 0 atom stereocenters. The number of benzene rings is 2. The summed E-state index contributed by atoms with van der Waals surface area (Å²) < 4.78 is 2.03. The number of hydrogen-bond acceptors (Lipinski definition) is 3. The number of nitrogens with zero attached hydrogens (tertiary/aromatic N) is 4. The van der Waals surface area contributed by atoms with E-state index < -0.39 is 0 Å². The summed E-state index contributed by atoms with van der Waals surface area (Å²) in [4.78, 5) is 2.44. The summed E-state index contributed by atoms with van der Waals surface area (Å²) >= 11 is 0. The summed E-state index contributed by atoms with van der Waals surface area (Å²) in [7, 11) is 2.04. The van der Waals surface area contributed by atoms with Crippen molar-refractivity contribution in [3.63, 3.8) is 0 Å². The van der Waals surface area contributed by atoms with Crippen molar-refractivity contribution in [1.29, 1.82) is 5.26 Å². The Morgan fingerprint density at radius 1 is 1.00 bits per heavy atom. The molecule has 3 aromatic rings. The molecule has 0 amide bonds. The standard InChI is InChI=1S/C22H22N4/c1-25-22(17-7-3-2-4-8-17)20-11-13-26(14-12-21(20)24-25)16-19-10-6-5-9-18(19)15-23/h2-10H,11-14,16H2,1H3. The molecule has 1 aliphatic heterocycles. The van der Waals surface area contributed by atoms with Gasteiger partial charge in [-0.2, -0.15) is 10.4 Å². The van der Waals surface area contributed by atoms with E-state index in [1.165, 1.54) is 22.5 Å². The summed E-state index contributed by atoms with van der Waals surface area (Å²) in [5.74, 6) is 0. The van der Waals surface area contributed by atoms with Gasteiger partial charge in [-0.15, -0.1) is 0 Å². The van der Waals surface area contributed by atoms with Crippen molar-refractivity contribution in [3.8, 4) is 17.3 Å². The van der Waals surface area contributed by atoms with Gasteiger partial charge in [0, 0.05) is 44.2 Å². The molecule has 0 spiro atoms. The summed E-state index contributed by atoms with van der Waals surface area (Å²) in [6.07, 6.45) is 1.94. The number of fused-ring (bicyclic) bond motifs is 1. The van der Waals surface area contributed by atoms with Crippen molar-refractivity contribution < 1.29 is 0 Å². The monoisotopic (exact) mass is 342 g/mol. The summed E-state index contributed by atoms with van der Waals surface area (Å²) in [6, 6.07) is 20.7. The van der Waals surface area contributed by atoms with E-state index in [1.54, 1.807) is 0 Å². The number of aryl methyl sites for hydroxylation is 1. The second-order valence-electron chi connectivity index (χ2n) is 6.81. The maximum absolute atomic E-state index is 9.32. The van der Waals surface area contributed by atoms with E-state index in [9.17, 15) is 5.26 Å². The van der Waals surface area contributed by atoms with Gasteiger partial charge >= 0.3 is 0 Å². The molecule has 26 heavy (non-hydrogen) atoms. The molecular formula is C22H22N4. The lowest BCUT2D eigenvalue weighted by atomic mass is 10.0. The van der Waals surface area contributed by atoms with Gasteiger partial charge in [-0.3, -0.25) is 9.58 Å². The topological polar surface area (TPSA) is 44.9 Å².